The average molecular weight is 224 g/mol. The Kier molecular flexibility index (Phi) is 4.31. The van der Waals surface area contributed by atoms with E-state index < -0.39 is 12.1 Å². The van der Waals surface area contributed by atoms with Gasteiger partial charge in [0, 0.05) is 5.56 Å². The number of benzene rings is 1. The van der Waals surface area contributed by atoms with Gasteiger partial charge in [0.2, 0.25) is 0 Å². The Morgan fingerprint density at radius 1 is 1.44 bits per heavy atom. The molecule has 0 heterocycles. The molecule has 0 aliphatic rings. The van der Waals surface area contributed by atoms with Crippen LogP contribution in [0.1, 0.15) is 23.7 Å². The number of esters is 1. The lowest BCUT2D eigenvalue weighted by Gasteiger charge is -2.16. The Bertz CT molecular complexity index is 373. The van der Waals surface area contributed by atoms with Gasteiger partial charge in [0.15, 0.2) is 0 Å². The zero-order valence-corrected chi connectivity index (χ0v) is 9.69. The summed E-state index contributed by atoms with van der Waals surface area (Å²) in [5.41, 5.74) is 1.52. The number of carbonyl (C=O) groups excluding carboxylic acids is 1. The standard InChI is InChI=1S/C12H16O4/c1-8-5-4-6-10(15-2)12(8)9(13)7-11(14)16-3/h4-6,9,13H,7H2,1-3H3. The molecule has 0 aromatic heterocycles. The van der Waals surface area contributed by atoms with Crippen LogP contribution in [0.5, 0.6) is 5.75 Å². The predicted octanol–water partition coefficient (Wildman–Crippen LogP) is 1.60. The van der Waals surface area contributed by atoms with Gasteiger partial charge in [-0.15, -0.1) is 0 Å². The first-order chi connectivity index (χ1) is 7.60. The maximum absolute atomic E-state index is 11.1. The lowest BCUT2D eigenvalue weighted by atomic mass is 10.00. The lowest BCUT2D eigenvalue weighted by molar-refractivity contribution is -0.142. The fourth-order valence-electron chi connectivity index (χ4n) is 1.60. The summed E-state index contributed by atoms with van der Waals surface area (Å²) in [4.78, 5) is 11.1. The van der Waals surface area contributed by atoms with Crippen LogP contribution in [0, 0.1) is 6.92 Å². The second-order valence-corrected chi connectivity index (χ2v) is 3.49. The first-order valence-electron chi connectivity index (χ1n) is 4.98. The number of rotatable bonds is 4. The fourth-order valence-corrected chi connectivity index (χ4v) is 1.60. The molecule has 16 heavy (non-hydrogen) atoms. The summed E-state index contributed by atoms with van der Waals surface area (Å²) in [5, 5.41) is 9.93. The molecule has 0 radical (unpaired) electrons. The molecule has 1 aromatic rings. The minimum absolute atomic E-state index is 0.0717. The monoisotopic (exact) mass is 224 g/mol. The SMILES string of the molecule is COC(=O)CC(O)c1c(C)cccc1OC. The summed E-state index contributed by atoms with van der Waals surface area (Å²) in [6.07, 6.45) is -0.971. The average Bonchev–Trinajstić information content (AvgIpc) is 2.28. The van der Waals surface area contributed by atoms with Gasteiger partial charge in [0.25, 0.3) is 0 Å². The van der Waals surface area contributed by atoms with Crippen LogP contribution in [-0.2, 0) is 9.53 Å². The second-order valence-electron chi connectivity index (χ2n) is 3.49. The van der Waals surface area contributed by atoms with Gasteiger partial charge in [-0.25, -0.2) is 0 Å². The zero-order chi connectivity index (χ0) is 12.1. The van der Waals surface area contributed by atoms with Gasteiger partial charge in [0.1, 0.15) is 5.75 Å². The van der Waals surface area contributed by atoms with Crippen molar-refractivity contribution in [2.45, 2.75) is 19.4 Å². The summed E-state index contributed by atoms with van der Waals surface area (Å²) in [5.74, 6) is 0.134. The molecule has 0 saturated carbocycles. The highest BCUT2D eigenvalue weighted by molar-refractivity contribution is 5.70. The largest absolute Gasteiger partial charge is 0.496 e. The summed E-state index contributed by atoms with van der Waals surface area (Å²) in [7, 11) is 2.83. The van der Waals surface area contributed by atoms with E-state index in [4.69, 9.17) is 4.74 Å². The Balaban J connectivity index is 2.97. The van der Waals surface area contributed by atoms with Crippen molar-refractivity contribution in [3.8, 4) is 5.75 Å². The van der Waals surface area contributed by atoms with Crippen LogP contribution in [0.3, 0.4) is 0 Å². The van der Waals surface area contributed by atoms with Gasteiger partial charge in [0.05, 0.1) is 26.7 Å². The quantitative estimate of drug-likeness (QED) is 0.789. The summed E-state index contributed by atoms with van der Waals surface area (Å²) in [6.45, 7) is 1.86. The van der Waals surface area contributed by atoms with Gasteiger partial charge in [-0.3, -0.25) is 4.79 Å². The number of ether oxygens (including phenoxy) is 2. The van der Waals surface area contributed by atoms with Crippen molar-refractivity contribution in [3.63, 3.8) is 0 Å². The van der Waals surface area contributed by atoms with Crippen LogP contribution in [0.2, 0.25) is 0 Å². The van der Waals surface area contributed by atoms with Crippen molar-refractivity contribution < 1.29 is 19.4 Å². The number of carbonyl (C=O) groups is 1. The number of aliphatic hydroxyl groups is 1. The van der Waals surface area contributed by atoms with E-state index in [1.54, 1.807) is 6.07 Å². The third-order valence-corrected chi connectivity index (χ3v) is 2.42. The first-order valence-corrected chi connectivity index (χ1v) is 4.98. The Hall–Kier alpha value is -1.55. The number of aryl methyl sites for hydroxylation is 1. The van der Waals surface area contributed by atoms with E-state index >= 15 is 0 Å². The van der Waals surface area contributed by atoms with E-state index in [0.29, 0.717) is 11.3 Å². The third kappa shape index (κ3) is 2.73. The molecular weight excluding hydrogens is 208 g/mol. The van der Waals surface area contributed by atoms with Crippen LogP contribution in [0.4, 0.5) is 0 Å². The highest BCUT2D eigenvalue weighted by atomic mass is 16.5. The van der Waals surface area contributed by atoms with E-state index in [2.05, 4.69) is 4.74 Å². The number of hydrogen-bond acceptors (Lipinski definition) is 4. The lowest BCUT2D eigenvalue weighted by Crippen LogP contribution is -2.10. The summed E-state index contributed by atoms with van der Waals surface area (Å²) >= 11 is 0. The molecule has 1 rings (SSSR count). The summed E-state index contributed by atoms with van der Waals surface area (Å²) in [6, 6.07) is 5.45. The Morgan fingerprint density at radius 2 is 2.12 bits per heavy atom. The van der Waals surface area contributed by atoms with Crippen molar-refractivity contribution in [1.29, 1.82) is 0 Å². The molecule has 0 aliphatic carbocycles. The van der Waals surface area contributed by atoms with Crippen LogP contribution >= 0.6 is 0 Å². The molecule has 0 fully saturated rings. The molecule has 1 N–H and O–H groups in total. The van der Waals surface area contributed by atoms with Gasteiger partial charge in [-0.05, 0) is 18.6 Å². The van der Waals surface area contributed by atoms with Gasteiger partial charge in [-0.2, -0.15) is 0 Å². The normalized spacial score (nSPS) is 12.0. The molecule has 1 aromatic carbocycles. The van der Waals surface area contributed by atoms with Crippen LogP contribution in [0.25, 0.3) is 0 Å². The molecule has 0 amide bonds. The maximum Gasteiger partial charge on any atom is 0.308 e. The van der Waals surface area contributed by atoms with Crippen molar-refractivity contribution in [1.82, 2.24) is 0 Å². The molecule has 1 unspecified atom stereocenters. The number of hydrogen-bond donors (Lipinski definition) is 1. The molecule has 88 valence electrons. The van der Waals surface area contributed by atoms with Crippen molar-refractivity contribution in [2.24, 2.45) is 0 Å². The molecule has 0 spiro atoms. The zero-order valence-electron chi connectivity index (χ0n) is 9.69. The van der Waals surface area contributed by atoms with E-state index in [9.17, 15) is 9.90 Å². The van der Waals surface area contributed by atoms with E-state index in [0.717, 1.165) is 5.56 Å². The third-order valence-electron chi connectivity index (χ3n) is 2.42. The smallest absolute Gasteiger partial charge is 0.308 e. The van der Waals surface area contributed by atoms with E-state index in [1.807, 2.05) is 19.1 Å². The molecule has 1 atom stereocenters. The van der Waals surface area contributed by atoms with Crippen LogP contribution < -0.4 is 4.74 Å². The maximum atomic E-state index is 11.1. The molecule has 4 nitrogen and oxygen atoms in total. The van der Waals surface area contributed by atoms with E-state index in [1.165, 1.54) is 14.2 Å². The molecule has 0 bridgehead atoms. The minimum Gasteiger partial charge on any atom is -0.496 e. The highest BCUT2D eigenvalue weighted by Crippen LogP contribution is 2.30. The van der Waals surface area contributed by atoms with Crippen LogP contribution in [-0.4, -0.2) is 25.3 Å². The first kappa shape index (κ1) is 12.5. The number of methoxy groups -OCH3 is 2. The van der Waals surface area contributed by atoms with E-state index in [-0.39, 0.29) is 6.42 Å². The Morgan fingerprint density at radius 3 is 2.69 bits per heavy atom. The minimum atomic E-state index is -0.899. The summed E-state index contributed by atoms with van der Waals surface area (Å²) < 4.78 is 9.67. The van der Waals surface area contributed by atoms with Gasteiger partial charge < -0.3 is 14.6 Å². The predicted molar refractivity (Wildman–Crippen MR) is 59.3 cm³/mol. The number of aliphatic hydroxyl groups excluding tert-OH is 1. The van der Waals surface area contributed by atoms with Crippen molar-refractivity contribution >= 4 is 5.97 Å². The van der Waals surface area contributed by atoms with Gasteiger partial charge in [-0.1, -0.05) is 12.1 Å². The molecule has 0 saturated heterocycles. The Labute approximate surface area is 94.8 Å². The topological polar surface area (TPSA) is 55.8 Å². The van der Waals surface area contributed by atoms with Crippen LogP contribution in [0.15, 0.2) is 18.2 Å². The second kappa shape index (κ2) is 5.51. The van der Waals surface area contributed by atoms with Crippen molar-refractivity contribution in [3.05, 3.63) is 29.3 Å². The molecule has 4 heteroatoms. The van der Waals surface area contributed by atoms with Gasteiger partial charge >= 0.3 is 5.97 Å². The van der Waals surface area contributed by atoms with Crippen molar-refractivity contribution in [2.75, 3.05) is 14.2 Å². The molecule has 0 aliphatic heterocycles. The fraction of sp³-hybridized carbons (Fsp3) is 0.417. The highest BCUT2D eigenvalue weighted by Gasteiger charge is 2.19. The molecular formula is C12H16O4.